The van der Waals surface area contributed by atoms with Gasteiger partial charge in [-0.3, -0.25) is 9.79 Å². The average Bonchev–Trinajstić information content (AvgIpc) is 3.28. The number of carbonyl (C=O) groups is 1. The third-order valence-corrected chi connectivity index (χ3v) is 9.18. The van der Waals surface area contributed by atoms with Gasteiger partial charge in [-0.25, -0.2) is 4.98 Å². The summed E-state index contributed by atoms with van der Waals surface area (Å²) in [5, 5.41) is 13.6. The van der Waals surface area contributed by atoms with E-state index in [0.29, 0.717) is 21.6 Å². The van der Waals surface area contributed by atoms with E-state index in [0.717, 1.165) is 46.5 Å². The monoisotopic (exact) mass is 556 g/mol. The molecule has 1 aliphatic rings. The van der Waals surface area contributed by atoms with Crippen LogP contribution in [0.25, 0.3) is 0 Å². The molecule has 2 atom stereocenters. The third kappa shape index (κ3) is 5.99. The van der Waals surface area contributed by atoms with E-state index in [9.17, 15) is 10.1 Å². The van der Waals surface area contributed by atoms with Gasteiger partial charge >= 0.3 is 0 Å². The summed E-state index contributed by atoms with van der Waals surface area (Å²) in [6.45, 7) is 2.24. The van der Waals surface area contributed by atoms with E-state index in [1.165, 1.54) is 16.6 Å². The molecule has 5 nitrogen and oxygen atoms in total. The Hall–Kier alpha value is -3.44. The van der Waals surface area contributed by atoms with E-state index in [1.807, 2.05) is 66.7 Å². The van der Waals surface area contributed by atoms with Gasteiger partial charge in [0.15, 0.2) is 0 Å². The number of aromatic nitrogens is 1. The van der Waals surface area contributed by atoms with Gasteiger partial charge in [0.25, 0.3) is 0 Å². The Morgan fingerprint density at radius 1 is 1.21 bits per heavy atom. The van der Waals surface area contributed by atoms with Crippen molar-refractivity contribution in [1.82, 2.24) is 4.98 Å². The molecule has 2 aromatic heterocycles. The summed E-state index contributed by atoms with van der Waals surface area (Å²) in [4.78, 5) is 24.4. The maximum atomic E-state index is 13.6. The standard InChI is InChI=1S/C30H25ClN4OS2/c1-19-9-14-24-25(17-32)30(38-26(24)16-19)35-29(36)27(20-6-3-2-4-7-20)37-23-12-10-22(11-13-23)34-18-21-8-5-15-33-28(21)31/h2-8,10-13,15,18-19,27H,9,14,16H2,1H3,(H,35,36)/t19-,27-/m1/s1. The number of pyridine rings is 1. The van der Waals surface area contributed by atoms with Crippen LogP contribution in [-0.2, 0) is 17.6 Å². The zero-order valence-electron chi connectivity index (χ0n) is 20.7. The third-order valence-electron chi connectivity index (χ3n) is 6.43. The molecule has 1 aliphatic carbocycles. The molecule has 1 amide bonds. The Morgan fingerprint density at radius 2 is 2.00 bits per heavy atom. The van der Waals surface area contributed by atoms with Crippen molar-refractivity contribution in [2.24, 2.45) is 10.9 Å². The molecule has 0 saturated carbocycles. The molecular formula is C30H25ClN4OS2. The number of rotatable bonds is 7. The molecule has 2 heterocycles. The lowest BCUT2D eigenvalue weighted by Gasteiger charge is -2.17. The number of hydrogen-bond donors (Lipinski definition) is 1. The largest absolute Gasteiger partial charge is 0.315 e. The summed E-state index contributed by atoms with van der Waals surface area (Å²) in [5.41, 5.74) is 4.15. The summed E-state index contributed by atoms with van der Waals surface area (Å²) < 4.78 is 0. The van der Waals surface area contributed by atoms with Crippen molar-refractivity contribution in [1.29, 1.82) is 5.26 Å². The van der Waals surface area contributed by atoms with Gasteiger partial charge in [-0.1, -0.05) is 48.9 Å². The molecule has 4 aromatic rings. The first-order valence-electron chi connectivity index (χ1n) is 12.3. The van der Waals surface area contributed by atoms with Gasteiger partial charge < -0.3 is 5.32 Å². The molecule has 0 unspecified atom stereocenters. The fourth-order valence-corrected chi connectivity index (χ4v) is 6.98. The quantitative estimate of drug-likeness (QED) is 0.142. The molecular weight excluding hydrogens is 532 g/mol. The highest BCUT2D eigenvalue weighted by Crippen LogP contribution is 2.41. The molecule has 0 spiro atoms. The molecule has 1 N–H and O–H groups in total. The van der Waals surface area contributed by atoms with Gasteiger partial charge in [0.1, 0.15) is 21.5 Å². The number of halogens is 1. The molecule has 0 fully saturated rings. The number of aliphatic imine (C=N–C) groups is 1. The van der Waals surface area contributed by atoms with Crippen LogP contribution in [0.4, 0.5) is 10.7 Å². The number of nitrogens with one attached hydrogen (secondary N) is 1. The van der Waals surface area contributed by atoms with Crippen LogP contribution in [0.15, 0.2) is 82.8 Å². The summed E-state index contributed by atoms with van der Waals surface area (Å²) >= 11 is 9.13. The second-order valence-corrected chi connectivity index (χ2v) is 11.8. The van der Waals surface area contributed by atoms with Crippen LogP contribution in [0.1, 0.15) is 45.7 Å². The molecule has 0 aliphatic heterocycles. The van der Waals surface area contributed by atoms with Crippen LogP contribution in [0.5, 0.6) is 0 Å². The molecule has 0 saturated heterocycles. The van der Waals surface area contributed by atoms with Crippen LogP contribution < -0.4 is 5.32 Å². The van der Waals surface area contributed by atoms with Gasteiger partial charge in [0.05, 0.1) is 11.3 Å². The Bertz CT molecular complexity index is 1510. The predicted molar refractivity (Wildman–Crippen MR) is 157 cm³/mol. The Morgan fingerprint density at radius 3 is 2.74 bits per heavy atom. The number of benzene rings is 2. The zero-order valence-corrected chi connectivity index (χ0v) is 23.1. The minimum atomic E-state index is -0.482. The lowest BCUT2D eigenvalue weighted by atomic mass is 9.88. The lowest BCUT2D eigenvalue weighted by Crippen LogP contribution is -2.19. The molecule has 0 bridgehead atoms. The second-order valence-electron chi connectivity index (χ2n) is 9.20. The summed E-state index contributed by atoms with van der Waals surface area (Å²) in [7, 11) is 0. The summed E-state index contributed by atoms with van der Waals surface area (Å²) in [6.07, 6.45) is 6.25. The molecule has 8 heteroatoms. The number of anilines is 1. The van der Waals surface area contributed by atoms with Crippen molar-refractivity contribution in [3.8, 4) is 6.07 Å². The first kappa shape index (κ1) is 26.2. The second kappa shape index (κ2) is 12.0. The van der Waals surface area contributed by atoms with Crippen molar-refractivity contribution in [3.63, 3.8) is 0 Å². The molecule has 5 rings (SSSR count). The lowest BCUT2D eigenvalue weighted by molar-refractivity contribution is -0.115. The summed E-state index contributed by atoms with van der Waals surface area (Å²) in [5.74, 6) is 0.454. The van der Waals surface area contributed by atoms with Gasteiger partial charge in [0, 0.05) is 27.7 Å². The number of carbonyl (C=O) groups excluding carboxylic acids is 1. The maximum Gasteiger partial charge on any atom is 0.243 e. The van der Waals surface area contributed by atoms with Crippen LogP contribution in [0.2, 0.25) is 5.15 Å². The van der Waals surface area contributed by atoms with Crippen molar-refractivity contribution in [2.75, 3.05) is 5.32 Å². The average molecular weight is 557 g/mol. The smallest absolute Gasteiger partial charge is 0.243 e. The van der Waals surface area contributed by atoms with Gasteiger partial charge in [-0.05, 0) is 72.7 Å². The fourth-order valence-electron chi connectivity index (χ4n) is 4.42. The number of nitriles is 1. The Labute approximate surface area is 235 Å². The fraction of sp³-hybridized carbons (Fsp3) is 0.200. The number of hydrogen-bond acceptors (Lipinski definition) is 6. The normalized spacial score (nSPS) is 15.6. The molecule has 190 valence electrons. The summed E-state index contributed by atoms with van der Waals surface area (Å²) in [6, 6.07) is 23.5. The molecule has 0 radical (unpaired) electrons. The zero-order chi connectivity index (χ0) is 26.5. The number of amides is 1. The van der Waals surface area contributed by atoms with Gasteiger partial charge in [0.2, 0.25) is 5.91 Å². The SMILES string of the molecule is C[C@@H]1CCc2c(sc(NC(=O)[C@H](Sc3ccc(N=Cc4cccnc4Cl)cc3)c3ccccc3)c2C#N)C1. The van der Waals surface area contributed by atoms with Crippen molar-refractivity contribution >= 4 is 57.5 Å². The van der Waals surface area contributed by atoms with Gasteiger partial charge in [-0.2, -0.15) is 5.26 Å². The van der Waals surface area contributed by atoms with E-state index in [4.69, 9.17) is 11.6 Å². The van der Waals surface area contributed by atoms with E-state index < -0.39 is 5.25 Å². The topological polar surface area (TPSA) is 78.1 Å². The van der Waals surface area contributed by atoms with E-state index in [-0.39, 0.29) is 5.91 Å². The van der Waals surface area contributed by atoms with E-state index in [1.54, 1.807) is 23.7 Å². The number of thiophene rings is 1. The number of nitrogens with zero attached hydrogens (tertiary/aromatic N) is 3. The Kier molecular flexibility index (Phi) is 8.23. The van der Waals surface area contributed by atoms with Gasteiger partial charge in [-0.15, -0.1) is 23.1 Å². The minimum Gasteiger partial charge on any atom is -0.315 e. The number of fused-ring (bicyclic) bond motifs is 1. The predicted octanol–water partition coefficient (Wildman–Crippen LogP) is 8.02. The van der Waals surface area contributed by atoms with Crippen LogP contribution >= 0.6 is 34.7 Å². The van der Waals surface area contributed by atoms with Crippen LogP contribution in [0, 0.1) is 17.2 Å². The first-order valence-corrected chi connectivity index (χ1v) is 14.4. The Balaban J connectivity index is 1.36. The highest BCUT2D eigenvalue weighted by atomic mass is 35.5. The highest BCUT2D eigenvalue weighted by molar-refractivity contribution is 8.00. The van der Waals surface area contributed by atoms with Crippen LogP contribution in [-0.4, -0.2) is 17.1 Å². The molecule has 38 heavy (non-hydrogen) atoms. The molecule has 2 aromatic carbocycles. The first-order chi connectivity index (χ1) is 18.5. The van der Waals surface area contributed by atoms with Crippen molar-refractivity contribution < 1.29 is 4.79 Å². The minimum absolute atomic E-state index is 0.141. The highest BCUT2D eigenvalue weighted by Gasteiger charge is 2.28. The maximum absolute atomic E-state index is 13.6. The van der Waals surface area contributed by atoms with Crippen LogP contribution in [0.3, 0.4) is 0 Å². The van der Waals surface area contributed by atoms with E-state index in [2.05, 4.69) is 28.3 Å². The van der Waals surface area contributed by atoms with Crippen molar-refractivity contribution in [3.05, 3.63) is 105 Å². The van der Waals surface area contributed by atoms with E-state index >= 15 is 0 Å². The van der Waals surface area contributed by atoms with Crippen molar-refractivity contribution in [2.45, 2.75) is 36.3 Å². The number of thioether (sulfide) groups is 1.